The average molecular weight is 307 g/mol. The summed E-state index contributed by atoms with van der Waals surface area (Å²) in [6.07, 6.45) is 6.50. The van der Waals surface area contributed by atoms with E-state index < -0.39 is 0 Å². The highest BCUT2D eigenvalue weighted by Crippen LogP contribution is 2.28. The molecule has 0 amide bonds. The van der Waals surface area contributed by atoms with Gasteiger partial charge in [0.2, 0.25) is 5.65 Å². The third-order valence-corrected chi connectivity index (χ3v) is 4.80. The van der Waals surface area contributed by atoms with Crippen LogP contribution in [0, 0.1) is 0 Å². The first-order valence-corrected chi connectivity index (χ1v) is 8.09. The lowest BCUT2D eigenvalue weighted by atomic mass is 9.89. The quantitative estimate of drug-likeness (QED) is 0.882. The lowest BCUT2D eigenvalue weighted by Gasteiger charge is -2.42. The highest BCUT2D eigenvalue weighted by Gasteiger charge is 2.29. The largest absolute Gasteiger partial charge is 0.422 e. The SMILES string of the molecule is Clc1ccc2oc(N[C@@H]3CCCN(C4CCC4)C3)nc2n1. The number of hydrogen-bond acceptors (Lipinski definition) is 5. The molecule has 2 aromatic heterocycles. The Labute approximate surface area is 128 Å². The number of likely N-dealkylation sites (tertiary alicyclic amines) is 1. The Hall–Kier alpha value is -1.33. The van der Waals surface area contributed by atoms with Crippen LogP contribution in [-0.2, 0) is 0 Å². The van der Waals surface area contributed by atoms with Crippen LogP contribution in [0.15, 0.2) is 16.5 Å². The van der Waals surface area contributed by atoms with Gasteiger partial charge in [-0.1, -0.05) is 18.0 Å². The Morgan fingerprint density at radius 1 is 1.19 bits per heavy atom. The van der Waals surface area contributed by atoms with E-state index in [1.165, 1.54) is 32.2 Å². The number of oxazole rings is 1. The summed E-state index contributed by atoms with van der Waals surface area (Å²) in [5, 5.41) is 3.86. The van der Waals surface area contributed by atoms with Crippen molar-refractivity contribution in [1.29, 1.82) is 0 Å². The van der Waals surface area contributed by atoms with E-state index in [0.29, 0.717) is 28.4 Å². The van der Waals surface area contributed by atoms with E-state index >= 15 is 0 Å². The third-order valence-electron chi connectivity index (χ3n) is 4.59. The molecule has 2 aliphatic rings. The molecule has 1 aliphatic carbocycles. The topological polar surface area (TPSA) is 54.2 Å². The van der Waals surface area contributed by atoms with Gasteiger partial charge in [0.25, 0.3) is 6.01 Å². The summed E-state index contributed by atoms with van der Waals surface area (Å²) in [4.78, 5) is 11.2. The van der Waals surface area contributed by atoms with Crippen molar-refractivity contribution in [3.05, 3.63) is 17.3 Å². The summed E-state index contributed by atoms with van der Waals surface area (Å²) in [5.41, 5.74) is 1.24. The van der Waals surface area contributed by atoms with Crippen LogP contribution in [0.2, 0.25) is 5.15 Å². The number of nitrogens with zero attached hydrogens (tertiary/aromatic N) is 3. The molecule has 2 fully saturated rings. The second-order valence-electron chi connectivity index (χ2n) is 6.04. The van der Waals surface area contributed by atoms with Crippen LogP contribution in [0.3, 0.4) is 0 Å². The fraction of sp³-hybridized carbons (Fsp3) is 0.600. The summed E-state index contributed by atoms with van der Waals surface area (Å²) in [5.74, 6) is 0. The van der Waals surface area contributed by atoms with Gasteiger partial charge in [-0.05, 0) is 44.4 Å². The standard InChI is InChI=1S/C15H19ClN4O/c16-13-7-6-12-14(18-13)19-15(21-12)17-10-3-2-8-20(9-10)11-4-1-5-11/h6-7,10-11H,1-5,8-9H2,(H,17,18,19)/t10-/m1/s1. The van der Waals surface area contributed by atoms with Crippen molar-refractivity contribution >= 4 is 28.8 Å². The number of pyridine rings is 1. The summed E-state index contributed by atoms with van der Waals surface area (Å²) in [6.45, 7) is 2.31. The highest BCUT2D eigenvalue weighted by atomic mass is 35.5. The van der Waals surface area contributed by atoms with E-state index in [-0.39, 0.29) is 0 Å². The predicted molar refractivity (Wildman–Crippen MR) is 82.7 cm³/mol. The summed E-state index contributed by atoms with van der Waals surface area (Å²) in [7, 11) is 0. The molecule has 1 saturated heterocycles. The minimum absolute atomic E-state index is 0.405. The van der Waals surface area contributed by atoms with Crippen LogP contribution < -0.4 is 5.32 Å². The summed E-state index contributed by atoms with van der Waals surface area (Å²) >= 11 is 5.88. The molecule has 0 bridgehead atoms. The molecule has 1 saturated carbocycles. The van der Waals surface area contributed by atoms with E-state index in [1.54, 1.807) is 6.07 Å². The molecule has 1 aliphatic heterocycles. The van der Waals surface area contributed by atoms with E-state index in [1.807, 2.05) is 6.07 Å². The Kier molecular flexibility index (Phi) is 3.47. The highest BCUT2D eigenvalue weighted by molar-refractivity contribution is 6.29. The number of aromatic nitrogens is 2. The molecule has 0 spiro atoms. The third kappa shape index (κ3) is 2.72. The zero-order valence-electron chi connectivity index (χ0n) is 11.9. The zero-order valence-corrected chi connectivity index (χ0v) is 12.6. The molecule has 5 nitrogen and oxygen atoms in total. The Bertz CT molecular complexity index is 640. The van der Waals surface area contributed by atoms with Gasteiger partial charge in [-0.2, -0.15) is 4.98 Å². The average Bonchev–Trinajstić information content (AvgIpc) is 2.78. The maximum Gasteiger partial charge on any atom is 0.297 e. The molecular weight excluding hydrogens is 288 g/mol. The number of anilines is 1. The molecule has 6 heteroatoms. The van der Waals surface area contributed by atoms with Crippen LogP contribution in [0.25, 0.3) is 11.2 Å². The van der Waals surface area contributed by atoms with Crippen molar-refractivity contribution in [2.45, 2.75) is 44.2 Å². The first-order valence-electron chi connectivity index (χ1n) is 7.71. The van der Waals surface area contributed by atoms with Gasteiger partial charge in [-0.15, -0.1) is 0 Å². The van der Waals surface area contributed by atoms with Gasteiger partial charge < -0.3 is 9.73 Å². The van der Waals surface area contributed by atoms with Crippen LogP contribution >= 0.6 is 11.6 Å². The van der Waals surface area contributed by atoms with Crippen molar-refractivity contribution in [3.8, 4) is 0 Å². The normalized spacial score (nSPS) is 24.1. The van der Waals surface area contributed by atoms with Crippen LogP contribution in [-0.4, -0.2) is 40.0 Å². The number of hydrogen-bond donors (Lipinski definition) is 1. The van der Waals surface area contributed by atoms with E-state index in [4.69, 9.17) is 16.0 Å². The van der Waals surface area contributed by atoms with Crippen molar-refractivity contribution in [1.82, 2.24) is 14.9 Å². The molecule has 0 unspecified atom stereocenters. The molecule has 1 N–H and O–H groups in total. The molecule has 112 valence electrons. The maximum absolute atomic E-state index is 5.88. The molecule has 0 aromatic carbocycles. The molecule has 1 atom stereocenters. The Balaban J connectivity index is 1.46. The molecular formula is C15H19ClN4O. The zero-order chi connectivity index (χ0) is 14.2. The first-order chi connectivity index (χ1) is 10.3. The first kappa shape index (κ1) is 13.3. The van der Waals surface area contributed by atoms with E-state index in [9.17, 15) is 0 Å². The Morgan fingerprint density at radius 3 is 2.90 bits per heavy atom. The van der Waals surface area contributed by atoms with E-state index in [0.717, 1.165) is 19.0 Å². The number of fused-ring (bicyclic) bond motifs is 1. The van der Waals surface area contributed by atoms with Gasteiger partial charge in [-0.3, -0.25) is 4.90 Å². The van der Waals surface area contributed by atoms with Gasteiger partial charge in [0, 0.05) is 18.6 Å². The lowest BCUT2D eigenvalue weighted by Crippen LogP contribution is -2.49. The van der Waals surface area contributed by atoms with Gasteiger partial charge >= 0.3 is 0 Å². The molecule has 4 rings (SSSR count). The summed E-state index contributed by atoms with van der Waals surface area (Å²) in [6, 6.07) is 5.30. The minimum atomic E-state index is 0.405. The van der Waals surface area contributed by atoms with Crippen LogP contribution in [0.1, 0.15) is 32.1 Å². The van der Waals surface area contributed by atoms with Crippen molar-refractivity contribution < 1.29 is 4.42 Å². The van der Waals surface area contributed by atoms with E-state index in [2.05, 4.69) is 20.2 Å². The van der Waals surface area contributed by atoms with Crippen LogP contribution in [0.5, 0.6) is 0 Å². The second kappa shape index (κ2) is 5.46. The van der Waals surface area contributed by atoms with Gasteiger partial charge in [-0.25, -0.2) is 4.98 Å². The Morgan fingerprint density at radius 2 is 2.10 bits per heavy atom. The summed E-state index contributed by atoms with van der Waals surface area (Å²) < 4.78 is 5.70. The second-order valence-corrected chi connectivity index (χ2v) is 6.43. The fourth-order valence-corrected chi connectivity index (χ4v) is 3.38. The van der Waals surface area contributed by atoms with Crippen molar-refractivity contribution in [3.63, 3.8) is 0 Å². The molecule has 3 heterocycles. The number of nitrogens with one attached hydrogen (secondary N) is 1. The number of halogens is 1. The number of rotatable bonds is 3. The smallest absolute Gasteiger partial charge is 0.297 e. The number of piperidine rings is 1. The lowest BCUT2D eigenvalue weighted by molar-refractivity contribution is 0.0986. The fourth-order valence-electron chi connectivity index (χ4n) is 3.24. The van der Waals surface area contributed by atoms with Gasteiger partial charge in [0.05, 0.1) is 0 Å². The predicted octanol–water partition coefficient (Wildman–Crippen LogP) is 3.31. The van der Waals surface area contributed by atoms with Gasteiger partial charge in [0.15, 0.2) is 5.58 Å². The maximum atomic E-state index is 5.88. The minimum Gasteiger partial charge on any atom is -0.422 e. The van der Waals surface area contributed by atoms with Crippen LogP contribution in [0.4, 0.5) is 6.01 Å². The molecule has 2 aromatic rings. The van der Waals surface area contributed by atoms with Crippen molar-refractivity contribution in [2.75, 3.05) is 18.4 Å². The molecule has 21 heavy (non-hydrogen) atoms. The molecule has 0 radical (unpaired) electrons. The van der Waals surface area contributed by atoms with Crippen molar-refractivity contribution in [2.24, 2.45) is 0 Å². The van der Waals surface area contributed by atoms with Gasteiger partial charge in [0.1, 0.15) is 5.15 Å². The monoisotopic (exact) mass is 306 g/mol.